The number of benzene rings is 3. The van der Waals surface area contributed by atoms with Gasteiger partial charge in [-0.25, -0.2) is 8.42 Å². The molecule has 0 saturated carbocycles. The van der Waals surface area contributed by atoms with Crippen LogP contribution in [0.25, 0.3) is 0 Å². The molecule has 3 aromatic rings. The number of ether oxygens (including phenoxy) is 1. The maximum Gasteiger partial charge on any atom is 0.264 e. The van der Waals surface area contributed by atoms with Crippen LogP contribution >= 0.6 is 11.8 Å². The molecule has 0 saturated heterocycles. The average Bonchev–Trinajstić information content (AvgIpc) is 2.83. The molecule has 0 aliphatic carbocycles. The molecular formula is C24H24N2O4S2. The zero-order valence-corrected chi connectivity index (χ0v) is 19.4. The summed E-state index contributed by atoms with van der Waals surface area (Å²) in [6.07, 6.45) is 0.851. The molecule has 3 aromatic carbocycles. The van der Waals surface area contributed by atoms with Crippen molar-refractivity contribution < 1.29 is 17.9 Å². The summed E-state index contributed by atoms with van der Waals surface area (Å²) in [5.41, 5.74) is 1.97. The van der Waals surface area contributed by atoms with Crippen molar-refractivity contribution in [1.29, 1.82) is 0 Å². The number of sulfonamides is 1. The molecule has 1 aliphatic heterocycles. The average molecular weight is 469 g/mol. The van der Waals surface area contributed by atoms with Crippen LogP contribution < -0.4 is 14.4 Å². The summed E-state index contributed by atoms with van der Waals surface area (Å²) >= 11 is 1.79. The molecule has 6 nitrogen and oxygen atoms in total. The SMILES string of the molecule is COc1ccccc1N(C)S(=O)(=O)c1ccc(C(=O)NC2CCSc3ccccc32)cc1. The summed E-state index contributed by atoms with van der Waals surface area (Å²) in [6, 6.07) is 20.9. The summed E-state index contributed by atoms with van der Waals surface area (Å²) in [7, 11) is -0.841. The van der Waals surface area contributed by atoms with Crippen LogP contribution in [0.1, 0.15) is 28.4 Å². The molecule has 1 N–H and O–H groups in total. The first-order chi connectivity index (χ1) is 15.4. The summed E-state index contributed by atoms with van der Waals surface area (Å²) in [6.45, 7) is 0. The second-order valence-corrected chi connectivity index (χ2v) is 10.5. The van der Waals surface area contributed by atoms with Crippen LogP contribution in [0.4, 0.5) is 5.69 Å². The van der Waals surface area contributed by atoms with Crippen LogP contribution in [0.5, 0.6) is 5.75 Å². The fraction of sp³-hybridized carbons (Fsp3) is 0.208. The van der Waals surface area contributed by atoms with Gasteiger partial charge in [-0.1, -0.05) is 30.3 Å². The number of amides is 1. The topological polar surface area (TPSA) is 75.7 Å². The van der Waals surface area contributed by atoms with E-state index in [0.29, 0.717) is 17.0 Å². The summed E-state index contributed by atoms with van der Waals surface area (Å²) in [4.78, 5) is 14.1. The minimum absolute atomic E-state index is 0.0555. The lowest BCUT2D eigenvalue weighted by atomic mass is 10.0. The van der Waals surface area contributed by atoms with Crippen molar-refractivity contribution in [1.82, 2.24) is 5.32 Å². The second-order valence-electron chi connectivity index (χ2n) is 7.37. The number of anilines is 1. The van der Waals surface area contributed by atoms with Gasteiger partial charge in [-0.05, 0) is 54.4 Å². The Kier molecular flexibility index (Phi) is 6.43. The quantitative estimate of drug-likeness (QED) is 0.577. The van der Waals surface area contributed by atoms with Gasteiger partial charge in [0, 0.05) is 23.3 Å². The molecule has 0 fully saturated rings. The van der Waals surface area contributed by atoms with Gasteiger partial charge in [-0.3, -0.25) is 9.10 Å². The normalized spacial score (nSPS) is 15.5. The minimum atomic E-state index is -3.82. The third-order valence-electron chi connectivity index (χ3n) is 5.46. The van der Waals surface area contributed by atoms with Gasteiger partial charge < -0.3 is 10.1 Å². The van der Waals surface area contributed by atoms with E-state index in [1.165, 1.54) is 35.5 Å². The molecule has 8 heteroatoms. The summed E-state index contributed by atoms with van der Waals surface area (Å²) in [5.74, 6) is 1.17. The molecule has 0 aromatic heterocycles. The first kappa shape index (κ1) is 22.2. The number of thioether (sulfide) groups is 1. The molecule has 166 valence electrons. The van der Waals surface area contributed by atoms with E-state index in [-0.39, 0.29) is 16.8 Å². The zero-order chi connectivity index (χ0) is 22.7. The van der Waals surface area contributed by atoms with E-state index in [9.17, 15) is 13.2 Å². The van der Waals surface area contributed by atoms with Gasteiger partial charge in [0.1, 0.15) is 5.75 Å². The maximum absolute atomic E-state index is 13.1. The Morgan fingerprint density at radius 1 is 1.03 bits per heavy atom. The van der Waals surface area contributed by atoms with Crippen molar-refractivity contribution in [3.8, 4) is 5.75 Å². The number of hydrogen-bond acceptors (Lipinski definition) is 5. The standard InChI is InChI=1S/C24H24N2O4S2/c1-26(21-8-4-5-9-22(21)30-2)32(28,29)18-13-11-17(12-14-18)24(27)25-20-15-16-31-23-10-6-3-7-19(20)23/h3-14,20H,15-16H2,1-2H3,(H,25,27). The zero-order valence-electron chi connectivity index (χ0n) is 17.8. The smallest absolute Gasteiger partial charge is 0.264 e. The van der Waals surface area contributed by atoms with E-state index in [1.807, 2.05) is 18.2 Å². The van der Waals surface area contributed by atoms with Gasteiger partial charge in [0.25, 0.3) is 15.9 Å². The van der Waals surface area contributed by atoms with Crippen LogP contribution in [-0.4, -0.2) is 34.2 Å². The van der Waals surface area contributed by atoms with Gasteiger partial charge in [0.15, 0.2) is 0 Å². The van der Waals surface area contributed by atoms with E-state index in [0.717, 1.165) is 17.7 Å². The molecule has 1 unspecified atom stereocenters. The Morgan fingerprint density at radius 2 is 1.72 bits per heavy atom. The van der Waals surface area contributed by atoms with E-state index >= 15 is 0 Å². The largest absolute Gasteiger partial charge is 0.495 e. The van der Waals surface area contributed by atoms with Gasteiger partial charge in [0.05, 0.1) is 23.7 Å². The first-order valence-corrected chi connectivity index (χ1v) is 12.6. The number of fused-ring (bicyclic) bond motifs is 1. The minimum Gasteiger partial charge on any atom is -0.495 e. The number of nitrogens with zero attached hydrogens (tertiary/aromatic N) is 1. The van der Waals surface area contributed by atoms with E-state index in [1.54, 1.807) is 48.2 Å². The van der Waals surface area contributed by atoms with Crippen LogP contribution in [0.3, 0.4) is 0 Å². The Morgan fingerprint density at radius 3 is 2.47 bits per heavy atom. The Labute approximate surface area is 192 Å². The van der Waals surface area contributed by atoms with E-state index in [2.05, 4.69) is 11.4 Å². The molecule has 0 bridgehead atoms. The van der Waals surface area contributed by atoms with Crippen LogP contribution in [0.2, 0.25) is 0 Å². The molecule has 1 atom stereocenters. The number of carbonyl (C=O) groups is 1. The van der Waals surface area contributed by atoms with E-state index < -0.39 is 10.0 Å². The second kappa shape index (κ2) is 9.26. The highest BCUT2D eigenvalue weighted by atomic mass is 32.2. The molecule has 0 radical (unpaired) electrons. The first-order valence-electron chi connectivity index (χ1n) is 10.2. The number of methoxy groups -OCH3 is 1. The fourth-order valence-corrected chi connectivity index (χ4v) is 6.02. The third kappa shape index (κ3) is 4.33. The van der Waals surface area contributed by atoms with Crippen molar-refractivity contribution >= 4 is 33.4 Å². The van der Waals surface area contributed by atoms with Crippen molar-refractivity contribution in [2.45, 2.75) is 22.3 Å². The Hall–Kier alpha value is -2.97. The van der Waals surface area contributed by atoms with E-state index in [4.69, 9.17) is 4.74 Å². The van der Waals surface area contributed by atoms with Crippen molar-refractivity contribution in [2.75, 3.05) is 24.2 Å². The number of carbonyl (C=O) groups excluding carboxylic acids is 1. The molecule has 1 aliphatic rings. The summed E-state index contributed by atoms with van der Waals surface area (Å²) < 4.78 is 32.7. The van der Waals surface area contributed by atoms with Gasteiger partial charge in [-0.15, -0.1) is 11.8 Å². The highest BCUT2D eigenvalue weighted by molar-refractivity contribution is 7.99. The van der Waals surface area contributed by atoms with Gasteiger partial charge in [0.2, 0.25) is 0 Å². The molecule has 1 heterocycles. The highest BCUT2D eigenvalue weighted by Gasteiger charge is 2.25. The lowest BCUT2D eigenvalue weighted by Gasteiger charge is -2.26. The maximum atomic E-state index is 13.1. The lowest BCUT2D eigenvalue weighted by molar-refractivity contribution is 0.0935. The van der Waals surface area contributed by atoms with Crippen molar-refractivity contribution in [2.24, 2.45) is 0 Å². The molecule has 1 amide bonds. The summed E-state index contributed by atoms with van der Waals surface area (Å²) in [5, 5.41) is 3.08. The monoisotopic (exact) mass is 468 g/mol. The van der Waals surface area contributed by atoms with Crippen LogP contribution in [0.15, 0.2) is 82.6 Å². The third-order valence-corrected chi connectivity index (χ3v) is 8.37. The molecule has 0 spiro atoms. The van der Waals surface area contributed by atoms with Crippen LogP contribution in [0, 0.1) is 0 Å². The van der Waals surface area contributed by atoms with Gasteiger partial charge >= 0.3 is 0 Å². The predicted molar refractivity (Wildman–Crippen MR) is 127 cm³/mol. The number of para-hydroxylation sites is 2. The fourth-order valence-electron chi connectivity index (χ4n) is 3.69. The highest BCUT2D eigenvalue weighted by Crippen LogP contribution is 2.36. The number of rotatable bonds is 6. The van der Waals surface area contributed by atoms with Crippen LogP contribution in [-0.2, 0) is 10.0 Å². The van der Waals surface area contributed by atoms with Crippen molar-refractivity contribution in [3.05, 3.63) is 83.9 Å². The Bertz CT molecular complexity index is 1230. The van der Waals surface area contributed by atoms with Crippen molar-refractivity contribution in [3.63, 3.8) is 0 Å². The molecular weight excluding hydrogens is 444 g/mol. The lowest BCUT2D eigenvalue weighted by Crippen LogP contribution is -2.30. The number of hydrogen-bond donors (Lipinski definition) is 1. The molecule has 4 rings (SSSR count). The molecule has 32 heavy (non-hydrogen) atoms. The van der Waals surface area contributed by atoms with Gasteiger partial charge in [-0.2, -0.15) is 0 Å². The number of nitrogens with one attached hydrogen (secondary N) is 1. The Balaban J connectivity index is 1.52. The predicted octanol–water partition coefficient (Wildman–Crippen LogP) is 4.49.